The number of carbonyl (C=O) groups is 2. The molecule has 0 saturated carbocycles. The van der Waals surface area contributed by atoms with Gasteiger partial charge in [-0.1, -0.05) is 0 Å². The molecule has 6 heteroatoms. The van der Waals surface area contributed by atoms with Gasteiger partial charge in [0.15, 0.2) is 0 Å². The molecule has 0 saturated heterocycles. The van der Waals surface area contributed by atoms with Crippen molar-refractivity contribution in [1.82, 2.24) is 0 Å². The minimum Gasteiger partial charge on any atom is -0.478 e. The number of hydrogen-bond donors (Lipinski definition) is 2. The van der Waals surface area contributed by atoms with E-state index in [2.05, 4.69) is 0 Å². The van der Waals surface area contributed by atoms with E-state index in [1.54, 1.807) is 0 Å². The molecule has 0 aliphatic carbocycles. The fourth-order valence-electron chi connectivity index (χ4n) is 1.12. The molecule has 2 aromatic heterocycles. The average molecular weight is 228 g/mol. The van der Waals surface area contributed by atoms with Gasteiger partial charge in [0.1, 0.15) is 0 Å². The number of thiophene rings is 2. The lowest BCUT2D eigenvalue weighted by atomic mass is 10.3. The summed E-state index contributed by atoms with van der Waals surface area (Å²) in [7, 11) is 0. The Hall–Kier alpha value is -1.40. The first-order valence-electron chi connectivity index (χ1n) is 3.56. The lowest BCUT2D eigenvalue weighted by Gasteiger charge is -1.85. The van der Waals surface area contributed by atoms with Crippen molar-refractivity contribution >= 4 is 44.0 Å². The topological polar surface area (TPSA) is 74.6 Å². The summed E-state index contributed by atoms with van der Waals surface area (Å²) in [6.07, 6.45) is 0. The van der Waals surface area contributed by atoms with E-state index in [4.69, 9.17) is 10.2 Å². The zero-order valence-electron chi connectivity index (χ0n) is 6.68. The third kappa shape index (κ3) is 1.19. The molecule has 2 rings (SSSR count). The molecule has 0 atom stereocenters. The molecule has 0 amide bonds. The maximum atomic E-state index is 10.7. The van der Waals surface area contributed by atoms with Crippen molar-refractivity contribution in [3.8, 4) is 0 Å². The van der Waals surface area contributed by atoms with Crippen LogP contribution in [0.5, 0.6) is 0 Å². The maximum absolute atomic E-state index is 10.7. The van der Waals surface area contributed by atoms with E-state index in [1.165, 1.54) is 10.8 Å². The minimum atomic E-state index is -1.02. The van der Waals surface area contributed by atoms with Gasteiger partial charge in [-0.3, -0.25) is 0 Å². The third-order valence-electron chi connectivity index (χ3n) is 1.75. The zero-order valence-corrected chi connectivity index (χ0v) is 8.32. The van der Waals surface area contributed by atoms with Crippen LogP contribution >= 0.6 is 22.7 Å². The molecule has 0 radical (unpaired) electrons. The largest absolute Gasteiger partial charge is 0.478 e. The van der Waals surface area contributed by atoms with Crippen LogP contribution in [0.1, 0.15) is 20.7 Å². The van der Waals surface area contributed by atoms with E-state index >= 15 is 0 Å². The normalized spacial score (nSPS) is 10.6. The van der Waals surface area contributed by atoms with Crippen molar-refractivity contribution in [3.05, 3.63) is 21.9 Å². The van der Waals surface area contributed by atoms with Gasteiger partial charge in [-0.05, 0) is 0 Å². The Balaban J connectivity index is 2.73. The van der Waals surface area contributed by atoms with Gasteiger partial charge in [-0.15, -0.1) is 22.7 Å². The number of fused-ring (bicyclic) bond motifs is 1. The van der Waals surface area contributed by atoms with E-state index in [0.717, 1.165) is 22.7 Å². The summed E-state index contributed by atoms with van der Waals surface area (Å²) in [5, 5.41) is 20.5. The van der Waals surface area contributed by atoms with Gasteiger partial charge in [0.25, 0.3) is 0 Å². The molecular weight excluding hydrogens is 224 g/mol. The predicted molar refractivity (Wildman–Crippen MR) is 53.6 cm³/mol. The molecule has 2 N–H and O–H groups in total. The second kappa shape index (κ2) is 3.07. The highest BCUT2D eigenvalue weighted by Gasteiger charge is 2.18. The molecular formula is C8H4O4S2. The maximum Gasteiger partial charge on any atom is 0.338 e. The number of carboxylic acids is 2. The Bertz CT molecular complexity index is 474. The Morgan fingerprint density at radius 2 is 1.29 bits per heavy atom. The Morgan fingerprint density at radius 1 is 0.929 bits per heavy atom. The lowest BCUT2D eigenvalue weighted by Crippen LogP contribution is -1.93. The van der Waals surface area contributed by atoms with Gasteiger partial charge < -0.3 is 10.2 Å². The van der Waals surface area contributed by atoms with E-state index < -0.39 is 11.9 Å². The highest BCUT2D eigenvalue weighted by molar-refractivity contribution is 7.27. The molecule has 0 spiro atoms. The van der Waals surface area contributed by atoms with Gasteiger partial charge >= 0.3 is 11.9 Å². The zero-order chi connectivity index (χ0) is 10.3. The fourth-order valence-corrected chi connectivity index (χ4v) is 3.44. The van der Waals surface area contributed by atoms with Gasteiger partial charge in [0.05, 0.1) is 20.5 Å². The number of aromatic carboxylic acids is 2. The smallest absolute Gasteiger partial charge is 0.338 e. The molecule has 0 aliphatic heterocycles. The first-order valence-corrected chi connectivity index (χ1v) is 5.32. The highest BCUT2D eigenvalue weighted by Crippen LogP contribution is 2.34. The first-order chi connectivity index (χ1) is 6.61. The summed E-state index contributed by atoms with van der Waals surface area (Å²) < 4.78 is 1.08. The van der Waals surface area contributed by atoms with E-state index in [0.29, 0.717) is 9.40 Å². The first kappa shape index (κ1) is 9.17. The lowest BCUT2D eigenvalue weighted by molar-refractivity contribution is 0.0688. The molecule has 14 heavy (non-hydrogen) atoms. The molecule has 0 aliphatic rings. The minimum absolute atomic E-state index is 0.183. The van der Waals surface area contributed by atoms with Crippen LogP contribution in [0.4, 0.5) is 0 Å². The second-order valence-electron chi connectivity index (χ2n) is 2.57. The monoisotopic (exact) mass is 228 g/mol. The van der Waals surface area contributed by atoms with Crippen LogP contribution in [0.3, 0.4) is 0 Å². The van der Waals surface area contributed by atoms with Gasteiger partial charge in [-0.2, -0.15) is 0 Å². The van der Waals surface area contributed by atoms with Crippen molar-refractivity contribution in [3.63, 3.8) is 0 Å². The van der Waals surface area contributed by atoms with Crippen molar-refractivity contribution in [2.45, 2.75) is 0 Å². The Morgan fingerprint density at radius 3 is 1.57 bits per heavy atom. The van der Waals surface area contributed by atoms with Gasteiger partial charge in [0.2, 0.25) is 0 Å². The Labute approximate surface area is 86.0 Å². The molecule has 0 fully saturated rings. The van der Waals surface area contributed by atoms with Crippen LogP contribution in [0.15, 0.2) is 10.8 Å². The second-order valence-corrected chi connectivity index (χ2v) is 4.33. The molecule has 0 aromatic carbocycles. The van der Waals surface area contributed by atoms with Crippen LogP contribution in [0.2, 0.25) is 0 Å². The summed E-state index contributed by atoms with van der Waals surface area (Å²) in [6, 6.07) is 0. The van der Waals surface area contributed by atoms with Gasteiger partial charge in [-0.25, -0.2) is 9.59 Å². The van der Waals surface area contributed by atoms with Crippen LogP contribution in [-0.2, 0) is 0 Å². The van der Waals surface area contributed by atoms with E-state index in [1.807, 2.05) is 0 Å². The quantitative estimate of drug-likeness (QED) is 0.827. The van der Waals surface area contributed by atoms with Gasteiger partial charge in [0, 0.05) is 10.8 Å². The van der Waals surface area contributed by atoms with Crippen LogP contribution in [-0.4, -0.2) is 22.2 Å². The summed E-state index contributed by atoms with van der Waals surface area (Å²) in [6.45, 7) is 0. The molecule has 2 aromatic rings. The molecule has 2 heterocycles. The summed E-state index contributed by atoms with van der Waals surface area (Å²) >= 11 is 2.31. The van der Waals surface area contributed by atoms with Crippen LogP contribution in [0.25, 0.3) is 9.40 Å². The fraction of sp³-hybridized carbons (Fsp3) is 0. The standard InChI is InChI=1S/C8H4O4S2/c9-7(10)3-1-13-6-4(8(11)12)2-14-5(3)6/h1-2H,(H,9,10)(H,11,12). The van der Waals surface area contributed by atoms with Crippen LogP contribution < -0.4 is 0 Å². The van der Waals surface area contributed by atoms with Crippen molar-refractivity contribution in [2.75, 3.05) is 0 Å². The summed E-state index contributed by atoms with van der Waals surface area (Å²) in [5.41, 5.74) is 0.366. The predicted octanol–water partition coefficient (Wildman–Crippen LogP) is 2.36. The molecule has 72 valence electrons. The van der Waals surface area contributed by atoms with Crippen molar-refractivity contribution < 1.29 is 19.8 Å². The number of hydrogen-bond acceptors (Lipinski definition) is 4. The van der Waals surface area contributed by atoms with Crippen LogP contribution in [0, 0.1) is 0 Å². The number of carboxylic acid groups (broad SMARTS) is 2. The van der Waals surface area contributed by atoms with Crippen molar-refractivity contribution in [1.29, 1.82) is 0 Å². The SMILES string of the molecule is O=C(O)c1csc2c(C(=O)O)csc12. The Kier molecular flexibility index (Phi) is 2.01. The highest BCUT2D eigenvalue weighted by atomic mass is 32.1. The average Bonchev–Trinajstić information content (AvgIpc) is 2.59. The number of rotatable bonds is 2. The molecule has 4 nitrogen and oxygen atoms in total. The van der Waals surface area contributed by atoms with Crippen molar-refractivity contribution in [2.24, 2.45) is 0 Å². The van der Waals surface area contributed by atoms with E-state index in [9.17, 15) is 9.59 Å². The summed E-state index contributed by atoms with van der Waals surface area (Å²) in [5.74, 6) is -2.04. The van der Waals surface area contributed by atoms with E-state index in [-0.39, 0.29) is 11.1 Å². The third-order valence-corrected chi connectivity index (χ3v) is 3.90. The molecule has 0 unspecified atom stereocenters. The molecule has 0 bridgehead atoms. The summed E-state index contributed by atoms with van der Waals surface area (Å²) in [4.78, 5) is 21.4.